The summed E-state index contributed by atoms with van der Waals surface area (Å²) in [5, 5.41) is 10.8. The van der Waals surface area contributed by atoms with E-state index in [1.165, 1.54) is 0 Å². The Kier molecular flexibility index (Phi) is 5.68. The second kappa shape index (κ2) is 8.14. The van der Waals surface area contributed by atoms with Crippen LogP contribution in [0.15, 0.2) is 48.8 Å². The third kappa shape index (κ3) is 4.70. The van der Waals surface area contributed by atoms with E-state index in [-0.39, 0.29) is 18.9 Å². The van der Waals surface area contributed by atoms with Crippen LogP contribution in [0.3, 0.4) is 0 Å². The zero-order valence-corrected chi connectivity index (χ0v) is 14.9. The summed E-state index contributed by atoms with van der Waals surface area (Å²) in [6.45, 7) is 1.67. The first-order valence-electron chi connectivity index (χ1n) is 8.72. The third-order valence-electron chi connectivity index (χ3n) is 4.45. The van der Waals surface area contributed by atoms with Gasteiger partial charge in [-0.25, -0.2) is 9.97 Å². The fourth-order valence-electron chi connectivity index (χ4n) is 3.10. The lowest BCUT2D eigenvalue weighted by Gasteiger charge is -2.29. The van der Waals surface area contributed by atoms with Gasteiger partial charge >= 0.3 is 0 Å². The second-order valence-corrected chi connectivity index (χ2v) is 6.61. The molecule has 1 saturated heterocycles. The normalized spacial score (nSPS) is 19.4. The first-order chi connectivity index (χ1) is 12.6. The van der Waals surface area contributed by atoms with E-state index in [0.717, 1.165) is 5.75 Å². The van der Waals surface area contributed by atoms with E-state index in [4.69, 9.17) is 4.74 Å². The average Bonchev–Trinajstić information content (AvgIpc) is 3.05. The Morgan fingerprint density at radius 2 is 2.00 bits per heavy atom. The maximum Gasteiger partial charge on any atom is 0.225 e. The van der Waals surface area contributed by atoms with Crippen LogP contribution < -0.4 is 9.64 Å². The van der Waals surface area contributed by atoms with Crippen LogP contribution in [-0.4, -0.2) is 64.8 Å². The Morgan fingerprint density at radius 1 is 1.27 bits per heavy atom. The molecule has 7 heteroatoms. The fourth-order valence-corrected chi connectivity index (χ4v) is 3.10. The van der Waals surface area contributed by atoms with Gasteiger partial charge in [0.2, 0.25) is 11.9 Å². The highest BCUT2D eigenvalue weighted by Gasteiger charge is 2.38. The van der Waals surface area contributed by atoms with Crippen molar-refractivity contribution in [1.29, 1.82) is 0 Å². The van der Waals surface area contributed by atoms with Gasteiger partial charge in [-0.3, -0.25) is 4.79 Å². The lowest BCUT2D eigenvalue weighted by Crippen LogP contribution is -2.46. The van der Waals surface area contributed by atoms with Crippen LogP contribution in [-0.2, 0) is 4.79 Å². The van der Waals surface area contributed by atoms with E-state index < -0.39 is 5.60 Å². The second-order valence-electron chi connectivity index (χ2n) is 6.61. The minimum atomic E-state index is -0.954. The standard InChI is InChI=1S/C19H24N4O3/c1-22(17(24)8-13-26-16-6-3-2-4-7-16)14-19(25)9-12-23(15-19)18-20-10-5-11-21-18/h2-7,10-11,25H,8-9,12-15H2,1H3/t19-/m1/s1. The topological polar surface area (TPSA) is 78.8 Å². The number of aliphatic hydroxyl groups is 1. The molecule has 1 amide bonds. The number of nitrogens with zero attached hydrogens (tertiary/aromatic N) is 4. The first kappa shape index (κ1) is 18.1. The fraction of sp³-hybridized carbons (Fsp3) is 0.421. The predicted molar refractivity (Wildman–Crippen MR) is 98.0 cm³/mol. The molecule has 1 aliphatic rings. The Morgan fingerprint density at radius 3 is 2.73 bits per heavy atom. The van der Waals surface area contributed by atoms with Gasteiger partial charge in [0.15, 0.2) is 0 Å². The molecular weight excluding hydrogens is 332 g/mol. The van der Waals surface area contributed by atoms with E-state index in [0.29, 0.717) is 32.1 Å². The number of amides is 1. The van der Waals surface area contributed by atoms with Crippen molar-refractivity contribution in [1.82, 2.24) is 14.9 Å². The van der Waals surface area contributed by atoms with Gasteiger partial charge in [0.25, 0.3) is 0 Å². The Labute approximate surface area is 153 Å². The number of carbonyl (C=O) groups excluding carboxylic acids is 1. The minimum absolute atomic E-state index is 0.0521. The maximum atomic E-state index is 12.3. The zero-order chi connectivity index (χ0) is 18.4. The molecule has 2 aromatic rings. The molecule has 7 nitrogen and oxygen atoms in total. The quantitative estimate of drug-likeness (QED) is 0.807. The van der Waals surface area contributed by atoms with Crippen molar-refractivity contribution < 1.29 is 14.6 Å². The maximum absolute atomic E-state index is 12.3. The molecule has 0 unspecified atom stereocenters. The Hall–Kier alpha value is -2.67. The van der Waals surface area contributed by atoms with Crippen molar-refractivity contribution in [2.45, 2.75) is 18.4 Å². The smallest absolute Gasteiger partial charge is 0.225 e. The van der Waals surface area contributed by atoms with Gasteiger partial charge < -0.3 is 19.6 Å². The average molecular weight is 356 g/mol. The number of aromatic nitrogens is 2. The predicted octanol–water partition coefficient (Wildman–Crippen LogP) is 1.35. The van der Waals surface area contributed by atoms with Gasteiger partial charge in [-0.1, -0.05) is 18.2 Å². The lowest BCUT2D eigenvalue weighted by atomic mass is 10.0. The number of hydrogen-bond donors (Lipinski definition) is 1. The molecule has 26 heavy (non-hydrogen) atoms. The summed E-state index contributed by atoms with van der Waals surface area (Å²) in [6, 6.07) is 11.2. The summed E-state index contributed by atoms with van der Waals surface area (Å²) in [5.41, 5.74) is -0.954. The molecular formula is C19H24N4O3. The largest absolute Gasteiger partial charge is 0.493 e. The summed E-state index contributed by atoms with van der Waals surface area (Å²) in [7, 11) is 1.71. The molecule has 1 aromatic carbocycles. The molecule has 1 aromatic heterocycles. The molecule has 0 bridgehead atoms. The molecule has 2 heterocycles. The van der Waals surface area contributed by atoms with Gasteiger partial charge in [0.05, 0.1) is 26.1 Å². The molecule has 1 atom stereocenters. The number of benzene rings is 1. The Balaban J connectivity index is 1.46. The van der Waals surface area contributed by atoms with E-state index in [9.17, 15) is 9.90 Å². The van der Waals surface area contributed by atoms with Crippen molar-refractivity contribution in [2.24, 2.45) is 0 Å². The van der Waals surface area contributed by atoms with Crippen molar-refractivity contribution in [3.63, 3.8) is 0 Å². The monoisotopic (exact) mass is 356 g/mol. The zero-order valence-electron chi connectivity index (χ0n) is 14.9. The highest BCUT2D eigenvalue weighted by molar-refractivity contribution is 5.76. The molecule has 1 N–H and O–H groups in total. The van der Waals surface area contributed by atoms with E-state index in [2.05, 4.69) is 9.97 Å². The molecule has 0 radical (unpaired) electrons. The molecule has 138 valence electrons. The molecule has 1 aliphatic heterocycles. The van der Waals surface area contributed by atoms with Crippen molar-refractivity contribution in [2.75, 3.05) is 38.2 Å². The van der Waals surface area contributed by atoms with Crippen LogP contribution in [0.4, 0.5) is 5.95 Å². The summed E-state index contributed by atoms with van der Waals surface area (Å²) < 4.78 is 5.56. The van der Waals surface area contributed by atoms with Crippen LogP contribution in [0, 0.1) is 0 Å². The number of likely N-dealkylation sites (N-methyl/N-ethyl adjacent to an activating group) is 1. The highest BCUT2D eigenvalue weighted by Crippen LogP contribution is 2.25. The SMILES string of the molecule is CN(C[C@]1(O)CCN(c2ncccn2)C1)C(=O)CCOc1ccccc1. The summed E-state index contributed by atoms with van der Waals surface area (Å²) in [6.07, 6.45) is 4.21. The number of hydrogen-bond acceptors (Lipinski definition) is 6. The molecule has 0 saturated carbocycles. The number of carbonyl (C=O) groups is 1. The van der Waals surface area contributed by atoms with E-state index >= 15 is 0 Å². The van der Waals surface area contributed by atoms with E-state index in [1.54, 1.807) is 30.4 Å². The van der Waals surface area contributed by atoms with Crippen LogP contribution in [0.5, 0.6) is 5.75 Å². The summed E-state index contributed by atoms with van der Waals surface area (Å²) in [4.78, 5) is 24.3. The number of para-hydroxylation sites is 1. The van der Waals surface area contributed by atoms with E-state index in [1.807, 2.05) is 35.2 Å². The number of rotatable bonds is 7. The van der Waals surface area contributed by atoms with Crippen molar-refractivity contribution >= 4 is 11.9 Å². The molecule has 0 spiro atoms. The lowest BCUT2D eigenvalue weighted by molar-refractivity contribution is -0.133. The summed E-state index contributed by atoms with van der Waals surface area (Å²) in [5.74, 6) is 1.30. The molecule has 1 fully saturated rings. The molecule has 3 rings (SSSR count). The van der Waals surface area contributed by atoms with Gasteiger partial charge in [-0.05, 0) is 24.6 Å². The minimum Gasteiger partial charge on any atom is -0.493 e. The van der Waals surface area contributed by atoms with Crippen LogP contribution in [0.2, 0.25) is 0 Å². The van der Waals surface area contributed by atoms with Gasteiger partial charge in [-0.2, -0.15) is 0 Å². The first-order valence-corrected chi connectivity index (χ1v) is 8.72. The number of anilines is 1. The van der Waals surface area contributed by atoms with Crippen LogP contribution >= 0.6 is 0 Å². The Bertz CT molecular complexity index is 713. The number of β-amino-alcohol motifs (C(OH)–C–C–N with tert-alkyl or cyclic N) is 1. The number of ether oxygens (including phenoxy) is 1. The van der Waals surface area contributed by atoms with Gasteiger partial charge in [0, 0.05) is 26.0 Å². The summed E-state index contributed by atoms with van der Waals surface area (Å²) >= 11 is 0. The van der Waals surface area contributed by atoms with Crippen molar-refractivity contribution in [3.05, 3.63) is 48.8 Å². The van der Waals surface area contributed by atoms with Crippen LogP contribution in [0.1, 0.15) is 12.8 Å². The molecule has 0 aliphatic carbocycles. The van der Waals surface area contributed by atoms with Crippen molar-refractivity contribution in [3.8, 4) is 5.75 Å². The van der Waals surface area contributed by atoms with Gasteiger partial charge in [-0.15, -0.1) is 0 Å². The highest BCUT2D eigenvalue weighted by atomic mass is 16.5. The van der Waals surface area contributed by atoms with Gasteiger partial charge in [0.1, 0.15) is 11.4 Å². The van der Waals surface area contributed by atoms with Crippen LogP contribution in [0.25, 0.3) is 0 Å². The third-order valence-corrected chi connectivity index (χ3v) is 4.45.